The third-order valence-corrected chi connectivity index (χ3v) is 3.88. The molecule has 8 nitrogen and oxygen atoms in total. The molecule has 0 fully saturated rings. The van der Waals surface area contributed by atoms with Gasteiger partial charge in [0.25, 0.3) is 0 Å². The Labute approximate surface area is 166 Å². The highest BCUT2D eigenvalue weighted by Crippen LogP contribution is 2.07. The lowest BCUT2D eigenvalue weighted by atomic mass is 10.0. The quantitative estimate of drug-likeness (QED) is 0.444. The highest BCUT2D eigenvalue weighted by molar-refractivity contribution is 5.89. The van der Waals surface area contributed by atoms with Gasteiger partial charge in [0.1, 0.15) is 11.6 Å². The molecule has 156 valence electrons. The van der Waals surface area contributed by atoms with E-state index in [1.54, 1.807) is 20.8 Å². The van der Waals surface area contributed by atoms with Gasteiger partial charge in [-0.05, 0) is 52.0 Å². The molecule has 0 spiro atoms. The highest BCUT2D eigenvalue weighted by Gasteiger charge is 2.22. The number of carbonyl (C=O) groups is 3. The summed E-state index contributed by atoms with van der Waals surface area (Å²) < 4.78 is 5.14. The number of hydrogen-bond acceptors (Lipinski definition) is 5. The van der Waals surface area contributed by atoms with Gasteiger partial charge in [-0.1, -0.05) is 30.3 Å². The topological polar surface area (TPSA) is 137 Å². The smallest absolute Gasteiger partial charge is 0.407 e. The Balaban J connectivity index is 2.35. The van der Waals surface area contributed by atoms with Gasteiger partial charge >= 0.3 is 6.09 Å². The van der Waals surface area contributed by atoms with Gasteiger partial charge in [-0.15, -0.1) is 0 Å². The Hall–Kier alpha value is -2.61. The molecule has 3 amide bonds. The number of primary amides is 1. The Morgan fingerprint density at radius 1 is 1.11 bits per heavy atom. The summed E-state index contributed by atoms with van der Waals surface area (Å²) in [7, 11) is 0. The average Bonchev–Trinajstić information content (AvgIpc) is 2.59. The summed E-state index contributed by atoms with van der Waals surface area (Å²) in [5.74, 6) is -1.03. The van der Waals surface area contributed by atoms with E-state index in [0.717, 1.165) is 5.56 Å². The van der Waals surface area contributed by atoms with Crippen LogP contribution in [0, 0.1) is 0 Å². The maximum atomic E-state index is 12.3. The molecule has 0 bridgehead atoms. The molecule has 0 saturated heterocycles. The van der Waals surface area contributed by atoms with Gasteiger partial charge in [0, 0.05) is 6.54 Å². The van der Waals surface area contributed by atoms with Crippen molar-refractivity contribution < 1.29 is 19.1 Å². The average molecular weight is 393 g/mol. The fourth-order valence-electron chi connectivity index (χ4n) is 2.50. The van der Waals surface area contributed by atoms with E-state index in [4.69, 9.17) is 16.2 Å². The number of hydrogen-bond donors (Lipinski definition) is 4. The molecule has 1 aromatic rings. The largest absolute Gasteiger partial charge is 0.444 e. The molecule has 0 aromatic heterocycles. The molecule has 0 unspecified atom stereocenters. The van der Waals surface area contributed by atoms with Crippen LogP contribution >= 0.6 is 0 Å². The van der Waals surface area contributed by atoms with Crippen LogP contribution in [0.15, 0.2) is 30.3 Å². The Kier molecular flexibility index (Phi) is 9.44. The fourth-order valence-corrected chi connectivity index (χ4v) is 2.50. The predicted octanol–water partition coefficient (Wildman–Crippen LogP) is 1.22. The predicted molar refractivity (Wildman–Crippen MR) is 107 cm³/mol. The van der Waals surface area contributed by atoms with Gasteiger partial charge in [-0.2, -0.15) is 0 Å². The third kappa shape index (κ3) is 9.91. The first kappa shape index (κ1) is 23.4. The minimum atomic E-state index is -0.796. The van der Waals surface area contributed by atoms with Crippen molar-refractivity contribution in [2.24, 2.45) is 11.5 Å². The first-order valence-electron chi connectivity index (χ1n) is 9.44. The van der Waals surface area contributed by atoms with E-state index >= 15 is 0 Å². The van der Waals surface area contributed by atoms with Gasteiger partial charge in [-0.3, -0.25) is 9.59 Å². The molecule has 0 aliphatic carbocycles. The van der Waals surface area contributed by atoms with Crippen LogP contribution in [-0.2, 0) is 20.7 Å². The lowest BCUT2D eigenvalue weighted by Gasteiger charge is -2.20. The van der Waals surface area contributed by atoms with Crippen LogP contribution < -0.4 is 22.1 Å². The first-order valence-corrected chi connectivity index (χ1v) is 9.44. The van der Waals surface area contributed by atoms with Gasteiger partial charge in [0.15, 0.2) is 0 Å². The number of carbonyl (C=O) groups excluding carboxylic acids is 3. The summed E-state index contributed by atoms with van der Waals surface area (Å²) >= 11 is 0. The first-order chi connectivity index (χ1) is 13.1. The van der Waals surface area contributed by atoms with Crippen molar-refractivity contribution in [3.8, 4) is 0 Å². The standard InChI is InChI=1S/C20H32N4O4/c1-20(2,3)28-19(27)23-12-8-7-11-16(17(22)25)24-18(26)15(21)13-14-9-5-4-6-10-14/h4-6,9-10,15-16H,7-8,11-13,21H2,1-3H3,(H2,22,25)(H,23,27)(H,24,26)/t15-,16+/m1/s1. The monoisotopic (exact) mass is 392 g/mol. The number of nitrogens with one attached hydrogen (secondary N) is 2. The number of benzene rings is 1. The molecule has 6 N–H and O–H groups in total. The molecule has 0 aliphatic heterocycles. The van der Waals surface area contributed by atoms with Crippen molar-refractivity contribution >= 4 is 17.9 Å². The lowest BCUT2D eigenvalue weighted by Crippen LogP contribution is -2.51. The SMILES string of the molecule is CC(C)(C)OC(=O)NCCCC[C@H](NC(=O)[C@H](N)Cc1ccccc1)C(N)=O. The van der Waals surface area contributed by atoms with Crippen LogP contribution in [0.25, 0.3) is 0 Å². The van der Waals surface area contributed by atoms with Crippen molar-refractivity contribution in [2.75, 3.05) is 6.54 Å². The molecular formula is C20H32N4O4. The molecule has 1 rings (SSSR count). The van der Waals surface area contributed by atoms with Crippen molar-refractivity contribution in [1.82, 2.24) is 10.6 Å². The van der Waals surface area contributed by atoms with E-state index in [-0.39, 0.29) is 0 Å². The zero-order valence-electron chi connectivity index (χ0n) is 16.9. The second-order valence-electron chi connectivity index (χ2n) is 7.68. The minimum Gasteiger partial charge on any atom is -0.444 e. The van der Waals surface area contributed by atoms with E-state index in [1.807, 2.05) is 30.3 Å². The van der Waals surface area contributed by atoms with Crippen LogP contribution in [0.5, 0.6) is 0 Å². The second kappa shape index (κ2) is 11.3. The molecule has 28 heavy (non-hydrogen) atoms. The van der Waals surface area contributed by atoms with Crippen LogP contribution in [0.3, 0.4) is 0 Å². The minimum absolute atomic E-state index is 0.370. The molecule has 0 saturated carbocycles. The molecule has 2 atom stereocenters. The third-order valence-electron chi connectivity index (χ3n) is 3.88. The molecular weight excluding hydrogens is 360 g/mol. The number of rotatable bonds is 10. The Morgan fingerprint density at radius 3 is 2.32 bits per heavy atom. The summed E-state index contributed by atoms with van der Waals surface area (Å²) in [6, 6.07) is 7.84. The number of unbranched alkanes of at least 4 members (excludes halogenated alkanes) is 1. The highest BCUT2D eigenvalue weighted by atomic mass is 16.6. The number of nitrogens with two attached hydrogens (primary N) is 2. The molecule has 1 aromatic carbocycles. The van der Waals surface area contributed by atoms with Gasteiger partial charge in [-0.25, -0.2) is 4.79 Å². The van der Waals surface area contributed by atoms with E-state index in [9.17, 15) is 14.4 Å². The van der Waals surface area contributed by atoms with Crippen LogP contribution in [0.4, 0.5) is 4.79 Å². The van der Waals surface area contributed by atoms with Crippen molar-refractivity contribution in [1.29, 1.82) is 0 Å². The normalized spacial score (nSPS) is 13.3. The zero-order valence-corrected chi connectivity index (χ0v) is 16.9. The van der Waals surface area contributed by atoms with Crippen LogP contribution in [0.1, 0.15) is 45.6 Å². The van der Waals surface area contributed by atoms with E-state index < -0.39 is 35.6 Å². The molecule has 0 aliphatic rings. The van der Waals surface area contributed by atoms with E-state index in [1.165, 1.54) is 0 Å². The number of amides is 3. The fraction of sp³-hybridized carbons (Fsp3) is 0.550. The van der Waals surface area contributed by atoms with Crippen LogP contribution in [0.2, 0.25) is 0 Å². The Morgan fingerprint density at radius 2 is 1.75 bits per heavy atom. The van der Waals surface area contributed by atoms with Crippen molar-refractivity contribution in [3.05, 3.63) is 35.9 Å². The summed E-state index contributed by atoms with van der Waals surface area (Å²) in [6.07, 6.45) is 1.47. The summed E-state index contributed by atoms with van der Waals surface area (Å²) in [5.41, 5.74) is 11.7. The molecule has 0 radical (unpaired) electrons. The summed E-state index contributed by atoms with van der Waals surface area (Å²) in [4.78, 5) is 35.4. The number of alkyl carbamates (subject to hydrolysis) is 1. The van der Waals surface area contributed by atoms with Gasteiger partial charge < -0.3 is 26.8 Å². The van der Waals surface area contributed by atoms with Crippen molar-refractivity contribution in [2.45, 2.75) is 64.1 Å². The second-order valence-corrected chi connectivity index (χ2v) is 7.68. The maximum absolute atomic E-state index is 12.3. The summed E-state index contributed by atoms with van der Waals surface area (Å²) in [5, 5.41) is 5.26. The maximum Gasteiger partial charge on any atom is 0.407 e. The summed E-state index contributed by atoms with van der Waals surface area (Å²) in [6.45, 7) is 5.77. The van der Waals surface area contributed by atoms with E-state index in [0.29, 0.717) is 32.2 Å². The van der Waals surface area contributed by atoms with Gasteiger partial charge in [0.05, 0.1) is 6.04 Å². The Bertz CT molecular complexity index is 643. The molecule has 0 heterocycles. The molecule has 8 heteroatoms. The van der Waals surface area contributed by atoms with Crippen LogP contribution in [-0.4, -0.2) is 42.1 Å². The number of ether oxygens (including phenoxy) is 1. The van der Waals surface area contributed by atoms with Crippen molar-refractivity contribution in [3.63, 3.8) is 0 Å². The lowest BCUT2D eigenvalue weighted by molar-refractivity contribution is -0.128. The van der Waals surface area contributed by atoms with Gasteiger partial charge in [0.2, 0.25) is 11.8 Å². The zero-order chi connectivity index (χ0) is 21.2. The van der Waals surface area contributed by atoms with E-state index in [2.05, 4.69) is 10.6 Å².